The Morgan fingerprint density at radius 2 is 1.57 bits per heavy atom. The van der Waals surface area contributed by atoms with Crippen molar-refractivity contribution in [3.05, 3.63) is 89.2 Å². The molecule has 0 aliphatic rings. The van der Waals surface area contributed by atoms with Gasteiger partial charge in [-0.05, 0) is 67.4 Å². The van der Waals surface area contributed by atoms with Crippen molar-refractivity contribution in [2.75, 3.05) is 10.0 Å². The highest BCUT2D eigenvalue weighted by atomic mass is 32.2. The molecule has 3 rings (SSSR count). The van der Waals surface area contributed by atoms with Gasteiger partial charge in [-0.1, -0.05) is 24.3 Å². The van der Waals surface area contributed by atoms with Crippen LogP contribution in [-0.4, -0.2) is 14.3 Å². The first-order valence-electron chi connectivity index (χ1n) is 8.52. The summed E-state index contributed by atoms with van der Waals surface area (Å²) in [7, 11) is -3.97. The van der Waals surface area contributed by atoms with Crippen molar-refractivity contribution < 1.29 is 17.6 Å². The second kappa shape index (κ2) is 7.82. The average molecular weight is 398 g/mol. The van der Waals surface area contributed by atoms with Crippen molar-refractivity contribution in [3.8, 4) is 0 Å². The van der Waals surface area contributed by atoms with Crippen molar-refractivity contribution in [2.24, 2.45) is 0 Å². The number of rotatable bonds is 5. The van der Waals surface area contributed by atoms with Crippen LogP contribution in [0.2, 0.25) is 0 Å². The summed E-state index contributed by atoms with van der Waals surface area (Å²) in [6.07, 6.45) is 0. The van der Waals surface area contributed by atoms with Gasteiger partial charge < -0.3 is 5.32 Å². The van der Waals surface area contributed by atoms with Crippen LogP contribution in [0.4, 0.5) is 15.8 Å². The van der Waals surface area contributed by atoms with Crippen LogP contribution in [-0.2, 0) is 10.0 Å². The molecule has 0 aliphatic heterocycles. The summed E-state index contributed by atoms with van der Waals surface area (Å²) < 4.78 is 40.6. The summed E-state index contributed by atoms with van der Waals surface area (Å²) in [4.78, 5) is 12.7. The van der Waals surface area contributed by atoms with Crippen molar-refractivity contribution in [1.82, 2.24) is 0 Å². The number of anilines is 2. The highest BCUT2D eigenvalue weighted by Gasteiger charge is 2.19. The Bertz CT molecular complexity index is 1130. The maximum Gasteiger partial charge on any atom is 0.261 e. The third-order valence-corrected chi connectivity index (χ3v) is 5.56. The van der Waals surface area contributed by atoms with Crippen LogP contribution in [0, 0.1) is 19.7 Å². The molecule has 3 aromatic rings. The molecular weight excluding hydrogens is 379 g/mol. The topological polar surface area (TPSA) is 75.3 Å². The molecule has 0 aliphatic carbocycles. The molecule has 0 fully saturated rings. The Balaban J connectivity index is 1.89. The molecule has 28 heavy (non-hydrogen) atoms. The summed E-state index contributed by atoms with van der Waals surface area (Å²) in [6, 6.07) is 16.4. The van der Waals surface area contributed by atoms with E-state index in [0.717, 1.165) is 35.4 Å². The number of sulfonamides is 1. The Hall–Kier alpha value is -3.19. The Labute approximate surface area is 163 Å². The molecule has 0 radical (unpaired) electrons. The van der Waals surface area contributed by atoms with Crippen LogP contribution in [0.1, 0.15) is 21.5 Å². The first-order chi connectivity index (χ1) is 13.3. The monoisotopic (exact) mass is 398 g/mol. The Morgan fingerprint density at radius 3 is 2.29 bits per heavy atom. The second-order valence-electron chi connectivity index (χ2n) is 6.38. The zero-order valence-electron chi connectivity index (χ0n) is 15.4. The van der Waals surface area contributed by atoms with E-state index in [1.807, 2.05) is 32.0 Å². The van der Waals surface area contributed by atoms with Gasteiger partial charge in [-0.3, -0.25) is 9.52 Å². The van der Waals surface area contributed by atoms with Gasteiger partial charge in [0.2, 0.25) is 0 Å². The number of amides is 1. The maximum atomic E-state index is 13.1. The van der Waals surface area contributed by atoms with Crippen LogP contribution in [0.15, 0.2) is 71.6 Å². The fourth-order valence-electron chi connectivity index (χ4n) is 2.65. The molecule has 0 saturated heterocycles. The highest BCUT2D eigenvalue weighted by molar-refractivity contribution is 7.92. The van der Waals surface area contributed by atoms with Gasteiger partial charge in [-0.2, -0.15) is 0 Å². The summed E-state index contributed by atoms with van der Waals surface area (Å²) in [6.45, 7) is 3.79. The minimum absolute atomic E-state index is 0.0985. The molecule has 3 aromatic carbocycles. The van der Waals surface area contributed by atoms with Gasteiger partial charge in [0, 0.05) is 5.69 Å². The number of nitrogens with one attached hydrogen (secondary N) is 2. The van der Waals surface area contributed by atoms with Crippen molar-refractivity contribution in [2.45, 2.75) is 18.7 Å². The predicted molar refractivity (Wildman–Crippen MR) is 108 cm³/mol. The van der Waals surface area contributed by atoms with Gasteiger partial charge in [0.1, 0.15) is 5.82 Å². The second-order valence-corrected chi connectivity index (χ2v) is 8.06. The summed E-state index contributed by atoms with van der Waals surface area (Å²) >= 11 is 0. The molecular formula is C21H19FN2O3S. The number of halogens is 1. The zero-order chi connectivity index (χ0) is 20.3. The number of aryl methyl sites for hydroxylation is 2. The van der Waals surface area contributed by atoms with Gasteiger partial charge in [0.15, 0.2) is 0 Å². The molecule has 0 atom stereocenters. The van der Waals surface area contributed by atoms with Gasteiger partial charge in [0.25, 0.3) is 15.9 Å². The largest absolute Gasteiger partial charge is 0.322 e. The third kappa shape index (κ3) is 4.37. The molecule has 0 spiro atoms. The van der Waals surface area contributed by atoms with Crippen LogP contribution < -0.4 is 10.0 Å². The summed E-state index contributed by atoms with van der Waals surface area (Å²) in [5.74, 6) is -0.974. The van der Waals surface area contributed by atoms with E-state index >= 15 is 0 Å². The zero-order valence-corrected chi connectivity index (χ0v) is 16.2. The molecule has 0 bridgehead atoms. The third-order valence-electron chi connectivity index (χ3n) is 4.18. The maximum absolute atomic E-state index is 13.1. The highest BCUT2D eigenvalue weighted by Crippen LogP contribution is 2.23. The quantitative estimate of drug-likeness (QED) is 0.665. The first kappa shape index (κ1) is 19.6. The van der Waals surface area contributed by atoms with E-state index in [2.05, 4.69) is 10.0 Å². The lowest BCUT2D eigenvalue weighted by molar-refractivity contribution is 0.102. The number of hydrogen-bond donors (Lipinski definition) is 2. The fraction of sp³-hybridized carbons (Fsp3) is 0.0952. The number of carbonyl (C=O) groups excluding carboxylic acids is 1. The number of benzene rings is 3. The van der Waals surface area contributed by atoms with E-state index in [-0.39, 0.29) is 16.1 Å². The standard InChI is InChI=1S/C21H19FN2O3S/c1-14-7-8-15(2)20(13-14)23-21(25)18-5-3-4-6-19(18)24-28(26,27)17-11-9-16(22)10-12-17/h3-13,24H,1-2H3,(H,23,25). The summed E-state index contributed by atoms with van der Waals surface area (Å²) in [5, 5.41) is 2.82. The molecule has 144 valence electrons. The van der Waals surface area contributed by atoms with Crippen molar-refractivity contribution in [3.63, 3.8) is 0 Å². The van der Waals surface area contributed by atoms with Gasteiger partial charge >= 0.3 is 0 Å². The van der Waals surface area contributed by atoms with Gasteiger partial charge in [0.05, 0.1) is 16.1 Å². The number of hydrogen-bond acceptors (Lipinski definition) is 3. The van der Waals surface area contributed by atoms with Crippen LogP contribution in [0.25, 0.3) is 0 Å². The molecule has 0 aromatic heterocycles. The molecule has 0 saturated carbocycles. The van der Waals surface area contributed by atoms with E-state index in [1.54, 1.807) is 12.1 Å². The summed E-state index contributed by atoms with van der Waals surface area (Å²) in [5.41, 5.74) is 2.85. The average Bonchev–Trinajstić information content (AvgIpc) is 2.65. The van der Waals surface area contributed by atoms with Crippen LogP contribution >= 0.6 is 0 Å². The lowest BCUT2D eigenvalue weighted by atomic mass is 10.1. The number of carbonyl (C=O) groups is 1. The van der Waals surface area contributed by atoms with E-state index < -0.39 is 21.7 Å². The normalized spacial score (nSPS) is 11.1. The first-order valence-corrected chi connectivity index (χ1v) is 10.0. The smallest absolute Gasteiger partial charge is 0.261 e. The van der Waals surface area contributed by atoms with E-state index in [0.29, 0.717) is 5.69 Å². The van der Waals surface area contributed by atoms with E-state index in [1.165, 1.54) is 12.1 Å². The van der Waals surface area contributed by atoms with Crippen molar-refractivity contribution in [1.29, 1.82) is 0 Å². The fourth-order valence-corrected chi connectivity index (χ4v) is 3.73. The SMILES string of the molecule is Cc1ccc(C)c(NC(=O)c2ccccc2NS(=O)(=O)c2ccc(F)cc2)c1. The van der Waals surface area contributed by atoms with Crippen molar-refractivity contribution >= 4 is 27.3 Å². The Kier molecular flexibility index (Phi) is 5.46. The number of para-hydroxylation sites is 1. The minimum Gasteiger partial charge on any atom is -0.322 e. The molecule has 7 heteroatoms. The molecule has 1 amide bonds. The minimum atomic E-state index is -3.97. The van der Waals surface area contributed by atoms with Gasteiger partial charge in [-0.25, -0.2) is 12.8 Å². The van der Waals surface area contributed by atoms with E-state index in [4.69, 9.17) is 0 Å². The van der Waals surface area contributed by atoms with Crippen LogP contribution in [0.5, 0.6) is 0 Å². The molecule has 2 N–H and O–H groups in total. The molecule has 0 unspecified atom stereocenters. The van der Waals surface area contributed by atoms with Gasteiger partial charge in [-0.15, -0.1) is 0 Å². The van der Waals surface area contributed by atoms with Crippen LogP contribution in [0.3, 0.4) is 0 Å². The Morgan fingerprint density at radius 1 is 0.893 bits per heavy atom. The van der Waals surface area contributed by atoms with E-state index in [9.17, 15) is 17.6 Å². The lowest BCUT2D eigenvalue weighted by Gasteiger charge is -2.14. The molecule has 0 heterocycles. The lowest BCUT2D eigenvalue weighted by Crippen LogP contribution is -2.19. The predicted octanol–water partition coefficient (Wildman–Crippen LogP) is 4.50. The molecule has 5 nitrogen and oxygen atoms in total.